The molecule has 0 radical (unpaired) electrons. The van der Waals surface area contributed by atoms with Crippen LogP contribution in [0.4, 0.5) is 5.69 Å². The lowest BCUT2D eigenvalue weighted by Gasteiger charge is -2.32. The molecule has 3 N–H and O–H groups in total. The van der Waals surface area contributed by atoms with Crippen molar-refractivity contribution in [3.63, 3.8) is 0 Å². The van der Waals surface area contributed by atoms with Crippen molar-refractivity contribution in [1.82, 2.24) is 4.90 Å². The second-order valence-electron chi connectivity index (χ2n) is 6.67. The molecule has 0 bridgehead atoms. The minimum absolute atomic E-state index is 0.0709. The number of carbonyl (C=O) groups is 3. The number of rotatable bonds is 6. The van der Waals surface area contributed by atoms with Gasteiger partial charge in [-0.25, -0.2) is 0 Å². The van der Waals surface area contributed by atoms with Crippen LogP contribution in [-0.4, -0.2) is 41.6 Å². The molecule has 0 saturated carbocycles. The molecule has 3 rings (SSSR count). The molecular formula is C21H23N3O3. The first-order chi connectivity index (χ1) is 13.1. The molecule has 140 valence electrons. The van der Waals surface area contributed by atoms with E-state index in [2.05, 4.69) is 5.32 Å². The van der Waals surface area contributed by atoms with E-state index in [4.69, 9.17) is 5.73 Å². The molecule has 27 heavy (non-hydrogen) atoms. The maximum absolute atomic E-state index is 12.8. The van der Waals surface area contributed by atoms with Crippen LogP contribution in [0.5, 0.6) is 0 Å². The summed E-state index contributed by atoms with van der Waals surface area (Å²) < 4.78 is 0. The summed E-state index contributed by atoms with van der Waals surface area (Å²) in [7, 11) is 0. The van der Waals surface area contributed by atoms with E-state index in [1.807, 2.05) is 11.0 Å². The number of nitrogens with two attached hydrogens (primary N) is 1. The quantitative estimate of drug-likeness (QED) is 0.768. The van der Waals surface area contributed by atoms with Gasteiger partial charge in [-0.2, -0.15) is 0 Å². The molecule has 1 fully saturated rings. The zero-order valence-corrected chi connectivity index (χ0v) is 15.1. The van der Waals surface area contributed by atoms with Crippen molar-refractivity contribution >= 4 is 23.3 Å². The second-order valence-corrected chi connectivity index (χ2v) is 6.67. The molecule has 0 aromatic heterocycles. The van der Waals surface area contributed by atoms with Crippen LogP contribution in [0, 0.1) is 0 Å². The smallest absolute Gasteiger partial charge is 0.238 e. The zero-order chi connectivity index (χ0) is 19.2. The van der Waals surface area contributed by atoms with Crippen LogP contribution in [0.15, 0.2) is 54.6 Å². The van der Waals surface area contributed by atoms with Crippen LogP contribution in [0.25, 0.3) is 0 Å². The molecule has 1 aliphatic rings. The number of piperidine rings is 1. The summed E-state index contributed by atoms with van der Waals surface area (Å²) in [4.78, 5) is 38.7. The van der Waals surface area contributed by atoms with E-state index in [0.717, 1.165) is 12.8 Å². The van der Waals surface area contributed by atoms with Crippen molar-refractivity contribution < 1.29 is 14.4 Å². The van der Waals surface area contributed by atoms with Crippen molar-refractivity contribution in [2.45, 2.75) is 25.3 Å². The first-order valence-corrected chi connectivity index (χ1v) is 9.08. The highest BCUT2D eigenvalue weighted by atomic mass is 16.2. The van der Waals surface area contributed by atoms with Crippen molar-refractivity contribution in [3.05, 3.63) is 65.7 Å². The second kappa shape index (κ2) is 8.60. The number of nitrogens with zero attached hydrogens (tertiary/aromatic N) is 1. The van der Waals surface area contributed by atoms with E-state index < -0.39 is 11.9 Å². The van der Waals surface area contributed by atoms with Gasteiger partial charge in [-0.3, -0.25) is 19.3 Å². The van der Waals surface area contributed by atoms with Gasteiger partial charge < -0.3 is 11.1 Å². The van der Waals surface area contributed by atoms with Crippen molar-refractivity contribution in [2.24, 2.45) is 5.73 Å². The molecule has 6 heteroatoms. The van der Waals surface area contributed by atoms with E-state index in [-0.39, 0.29) is 18.2 Å². The lowest BCUT2D eigenvalue weighted by Crippen LogP contribution is -2.50. The fourth-order valence-electron chi connectivity index (χ4n) is 3.41. The van der Waals surface area contributed by atoms with Gasteiger partial charge in [0, 0.05) is 11.1 Å². The van der Waals surface area contributed by atoms with Crippen molar-refractivity contribution in [2.75, 3.05) is 18.4 Å². The van der Waals surface area contributed by atoms with Crippen LogP contribution in [0.3, 0.4) is 0 Å². The maximum atomic E-state index is 12.8. The Morgan fingerprint density at radius 3 is 2.44 bits per heavy atom. The fraction of sp³-hybridized carbons (Fsp3) is 0.286. The van der Waals surface area contributed by atoms with E-state index in [1.165, 1.54) is 0 Å². The minimum Gasteiger partial charge on any atom is -0.368 e. The van der Waals surface area contributed by atoms with Gasteiger partial charge in [0.2, 0.25) is 11.8 Å². The summed E-state index contributed by atoms with van der Waals surface area (Å²) in [6, 6.07) is 15.4. The molecular weight excluding hydrogens is 342 g/mol. The number of hydrogen-bond donors (Lipinski definition) is 2. The Bertz CT molecular complexity index is 836. The largest absolute Gasteiger partial charge is 0.368 e. The molecule has 0 spiro atoms. The third kappa shape index (κ3) is 4.60. The van der Waals surface area contributed by atoms with Crippen LogP contribution < -0.4 is 11.1 Å². The Hall–Kier alpha value is -2.99. The topological polar surface area (TPSA) is 92.5 Å². The predicted molar refractivity (Wildman–Crippen MR) is 103 cm³/mol. The number of amides is 2. The minimum atomic E-state index is -0.411. The van der Waals surface area contributed by atoms with Gasteiger partial charge in [-0.15, -0.1) is 0 Å². The monoisotopic (exact) mass is 365 g/mol. The molecule has 1 unspecified atom stereocenters. The first-order valence-electron chi connectivity index (χ1n) is 9.08. The maximum Gasteiger partial charge on any atom is 0.238 e. The standard InChI is InChI=1S/C21H23N3O3/c22-21(27)18-12-6-7-13-24(18)14-19(25)23-17-11-5-4-10-16(17)20(26)15-8-2-1-3-9-15/h1-5,8-11,18H,6-7,12-14H2,(H2,22,27)(H,23,25). The number of nitrogens with one attached hydrogen (secondary N) is 1. The van der Waals surface area contributed by atoms with Gasteiger partial charge in [0.1, 0.15) is 0 Å². The van der Waals surface area contributed by atoms with Crippen LogP contribution in [-0.2, 0) is 9.59 Å². The Kier molecular flexibility index (Phi) is 5.98. The molecule has 1 heterocycles. The predicted octanol–water partition coefficient (Wildman–Crippen LogP) is 2.20. The molecule has 2 aromatic rings. The Balaban J connectivity index is 1.73. The van der Waals surface area contributed by atoms with Gasteiger partial charge in [-0.1, -0.05) is 48.9 Å². The average Bonchev–Trinajstić information content (AvgIpc) is 2.69. The van der Waals surface area contributed by atoms with Gasteiger partial charge in [-0.05, 0) is 31.5 Å². The summed E-state index contributed by atoms with van der Waals surface area (Å²) in [6.07, 6.45) is 2.53. The molecule has 1 atom stereocenters. The van der Waals surface area contributed by atoms with Crippen LogP contribution in [0.1, 0.15) is 35.2 Å². The summed E-state index contributed by atoms with van der Waals surface area (Å²) in [5.74, 6) is -0.821. The average molecular weight is 365 g/mol. The third-order valence-electron chi connectivity index (χ3n) is 4.77. The highest BCUT2D eigenvalue weighted by molar-refractivity contribution is 6.13. The SMILES string of the molecule is NC(=O)C1CCCCN1CC(=O)Nc1ccccc1C(=O)c1ccccc1. The Morgan fingerprint density at radius 2 is 1.70 bits per heavy atom. The number of carbonyl (C=O) groups excluding carboxylic acids is 3. The number of benzene rings is 2. The van der Waals surface area contributed by atoms with E-state index in [9.17, 15) is 14.4 Å². The number of anilines is 1. The summed E-state index contributed by atoms with van der Waals surface area (Å²) in [5, 5.41) is 2.81. The first kappa shape index (κ1) is 18.8. The molecule has 2 amide bonds. The number of primary amides is 1. The fourth-order valence-corrected chi connectivity index (χ4v) is 3.41. The molecule has 1 aliphatic heterocycles. The lowest BCUT2D eigenvalue weighted by atomic mass is 10.0. The summed E-state index contributed by atoms with van der Waals surface area (Å²) >= 11 is 0. The summed E-state index contributed by atoms with van der Waals surface area (Å²) in [6.45, 7) is 0.729. The van der Waals surface area contributed by atoms with Crippen LogP contribution >= 0.6 is 0 Å². The Labute approximate surface area is 158 Å². The molecule has 2 aromatic carbocycles. The van der Waals surface area contributed by atoms with Gasteiger partial charge in [0.25, 0.3) is 0 Å². The van der Waals surface area contributed by atoms with E-state index in [1.54, 1.807) is 48.5 Å². The highest BCUT2D eigenvalue weighted by Gasteiger charge is 2.28. The number of likely N-dealkylation sites (tertiary alicyclic amines) is 1. The van der Waals surface area contributed by atoms with Gasteiger partial charge >= 0.3 is 0 Å². The highest BCUT2D eigenvalue weighted by Crippen LogP contribution is 2.20. The molecule has 1 saturated heterocycles. The van der Waals surface area contributed by atoms with E-state index >= 15 is 0 Å². The van der Waals surface area contributed by atoms with Crippen molar-refractivity contribution in [1.29, 1.82) is 0 Å². The van der Waals surface area contributed by atoms with Crippen molar-refractivity contribution in [3.8, 4) is 0 Å². The third-order valence-corrected chi connectivity index (χ3v) is 4.77. The number of hydrogen-bond acceptors (Lipinski definition) is 4. The lowest BCUT2D eigenvalue weighted by molar-refractivity contribution is -0.126. The summed E-state index contributed by atoms with van der Waals surface area (Å²) in [5.41, 5.74) is 6.91. The zero-order valence-electron chi connectivity index (χ0n) is 15.1. The Morgan fingerprint density at radius 1 is 1.00 bits per heavy atom. The molecule has 6 nitrogen and oxygen atoms in total. The van der Waals surface area contributed by atoms with E-state index in [0.29, 0.717) is 29.8 Å². The number of para-hydroxylation sites is 1. The van der Waals surface area contributed by atoms with Gasteiger partial charge in [0.15, 0.2) is 5.78 Å². The molecule has 0 aliphatic carbocycles. The van der Waals surface area contributed by atoms with Gasteiger partial charge in [0.05, 0.1) is 18.3 Å². The van der Waals surface area contributed by atoms with Crippen LogP contribution in [0.2, 0.25) is 0 Å². The normalized spacial score (nSPS) is 17.3. The number of ketones is 1.